The number of hydrogen-bond donors (Lipinski definition) is 2. The van der Waals surface area contributed by atoms with Gasteiger partial charge in [-0.15, -0.1) is 0 Å². The summed E-state index contributed by atoms with van der Waals surface area (Å²) in [6.07, 6.45) is 0.800. The maximum atomic E-state index is 13.7. The summed E-state index contributed by atoms with van der Waals surface area (Å²) in [6, 6.07) is 2.98. The summed E-state index contributed by atoms with van der Waals surface area (Å²) in [5.41, 5.74) is 5.90. The Kier molecular flexibility index (Phi) is 3.34. The summed E-state index contributed by atoms with van der Waals surface area (Å²) in [5, 5.41) is 0.762. The van der Waals surface area contributed by atoms with Crippen LogP contribution in [0.5, 0.6) is 5.75 Å². The van der Waals surface area contributed by atoms with Crippen molar-refractivity contribution < 1.29 is 9.13 Å². The summed E-state index contributed by atoms with van der Waals surface area (Å²) < 4.78 is 18.6. The first-order valence-electron chi connectivity index (χ1n) is 5.75. The van der Waals surface area contributed by atoms with Crippen molar-refractivity contribution in [3.05, 3.63) is 29.2 Å². The zero-order valence-electron chi connectivity index (χ0n) is 10.7. The van der Waals surface area contributed by atoms with E-state index in [0.717, 1.165) is 28.8 Å². The molecule has 3 N–H and O–H groups in total. The molecule has 0 saturated carbocycles. The van der Waals surface area contributed by atoms with Gasteiger partial charge in [0.15, 0.2) is 11.6 Å². The molecule has 1 aromatic carbocycles. The molecule has 2 aromatic rings. The van der Waals surface area contributed by atoms with Crippen LogP contribution in [0.25, 0.3) is 10.9 Å². The minimum Gasteiger partial charge on any atom is -0.494 e. The second-order valence-corrected chi connectivity index (χ2v) is 4.05. The van der Waals surface area contributed by atoms with E-state index in [1.807, 2.05) is 13.8 Å². The Labute approximate surface area is 105 Å². The van der Waals surface area contributed by atoms with E-state index in [9.17, 15) is 4.39 Å². The number of nitrogens with two attached hydrogens (primary N) is 1. The van der Waals surface area contributed by atoms with E-state index in [4.69, 9.17) is 10.6 Å². The molecule has 0 saturated heterocycles. The van der Waals surface area contributed by atoms with E-state index in [0.29, 0.717) is 5.52 Å². The summed E-state index contributed by atoms with van der Waals surface area (Å²) in [5.74, 6) is 5.34. The molecule has 0 amide bonds. The minimum atomic E-state index is -0.427. The molecule has 0 spiro atoms. The number of aromatic nitrogens is 1. The number of fused-ring (bicyclic) bond motifs is 1. The largest absolute Gasteiger partial charge is 0.494 e. The monoisotopic (exact) mass is 249 g/mol. The molecule has 0 fully saturated rings. The standard InChI is InChI=1S/C13H16FN3O/c1-4-8-7(2)16-11-6-10(14)12(18-3)5-9(11)13(8)17-15/h5-6H,4,15H2,1-3H3,(H,16,17). The van der Waals surface area contributed by atoms with Crippen molar-refractivity contribution in [2.45, 2.75) is 20.3 Å². The number of rotatable bonds is 3. The number of halogens is 1. The molecule has 0 radical (unpaired) electrons. The van der Waals surface area contributed by atoms with Crippen molar-refractivity contribution >= 4 is 16.6 Å². The number of nitrogens with one attached hydrogen (secondary N) is 1. The van der Waals surface area contributed by atoms with Crippen molar-refractivity contribution in [3.63, 3.8) is 0 Å². The van der Waals surface area contributed by atoms with Gasteiger partial charge in [-0.25, -0.2) is 4.39 Å². The lowest BCUT2D eigenvalue weighted by Gasteiger charge is -2.14. The molecular formula is C13H16FN3O. The number of nitrogens with zero attached hydrogens (tertiary/aromatic N) is 1. The van der Waals surface area contributed by atoms with Crippen LogP contribution < -0.4 is 16.0 Å². The van der Waals surface area contributed by atoms with Crippen LogP contribution in [0.2, 0.25) is 0 Å². The van der Waals surface area contributed by atoms with Gasteiger partial charge >= 0.3 is 0 Å². The lowest BCUT2D eigenvalue weighted by Crippen LogP contribution is -2.11. The zero-order chi connectivity index (χ0) is 13.3. The number of ether oxygens (including phenoxy) is 1. The Balaban J connectivity index is 2.85. The number of nitrogen functional groups attached to an aromatic ring is 1. The van der Waals surface area contributed by atoms with Gasteiger partial charge in [0.2, 0.25) is 0 Å². The highest BCUT2D eigenvalue weighted by molar-refractivity contribution is 5.94. The number of methoxy groups -OCH3 is 1. The van der Waals surface area contributed by atoms with Gasteiger partial charge in [-0.1, -0.05) is 6.92 Å². The van der Waals surface area contributed by atoms with E-state index < -0.39 is 5.82 Å². The minimum absolute atomic E-state index is 0.187. The number of benzene rings is 1. The van der Waals surface area contributed by atoms with E-state index >= 15 is 0 Å². The Hall–Kier alpha value is -1.88. The molecule has 0 atom stereocenters. The number of anilines is 1. The zero-order valence-corrected chi connectivity index (χ0v) is 10.7. The van der Waals surface area contributed by atoms with Gasteiger partial charge < -0.3 is 10.2 Å². The van der Waals surface area contributed by atoms with Crippen LogP contribution in [-0.4, -0.2) is 12.1 Å². The maximum Gasteiger partial charge on any atom is 0.167 e. The molecule has 0 bridgehead atoms. The van der Waals surface area contributed by atoms with Crippen LogP contribution in [-0.2, 0) is 6.42 Å². The summed E-state index contributed by atoms with van der Waals surface area (Å²) in [7, 11) is 1.43. The van der Waals surface area contributed by atoms with Gasteiger partial charge in [0.1, 0.15) is 0 Å². The highest BCUT2D eigenvalue weighted by atomic mass is 19.1. The van der Waals surface area contributed by atoms with Gasteiger partial charge in [-0.3, -0.25) is 10.8 Å². The second-order valence-electron chi connectivity index (χ2n) is 4.05. The molecule has 0 aliphatic heterocycles. The van der Waals surface area contributed by atoms with E-state index in [1.165, 1.54) is 13.2 Å². The first kappa shape index (κ1) is 12.6. The smallest absolute Gasteiger partial charge is 0.167 e. The quantitative estimate of drug-likeness (QED) is 0.648. The van der Waals surface area contributed by atoms with E-state index in [-0.39, 0.29) is 5.75 Å². The van der Waals surface area contributed by atoms with Gasteiger partial charge in [0.05, 0.1) is 18.3 Å². The van der Waals surface area contributed by atoms with Gasteiger partial charge in [-0.2, -0.15) is 0 Å². The maximum absolute atomic E-state index is 13.7. The van der Waals surface area contributed by atoms with Gasteiger partial charge in [0, 0.05) is 17.1 Å². The Morgan fingerprint density at radius 1 is 1.44 bits per heavy atom. The predicted molar refractivity (Wildman–Crippen MR) is 70.2 cm³/mol. The van der Waals surface area contributed by atoms with Crippen molar-refractivity contribution in [3.8, 4) is 5.75 Å². The molecule has 0 aliphatic rings. The molecule has 1 aromatic heterocycles. The number of pyridine rings is 1. The highest BCUT2D eigenvalue weighted by Gasteiger charge is 2.14. The summed E-state index contributed by atoms with van der Waals surface area (Å²) >= 11 is 0. The van der Waals surface area contributed by atoms with Gasteiger partial charge in [0.25, 0.3) is 0 Å². The first-order chi connectivity index (χ1) is 8.62. The lowest BCUT2D eigenvalue weighted by atomic mass is 10.0. The van der Waals surface area contributed by atoms with Crippen LogP contribution in [0.4, 0.5) is 10.1 Å². The van der Waals surface area contributed by atoms with Crippen molar-refractivity contribution in [1.29, 1.82) is 0 Å². The molecule has 2 rings (SSSR count). The second kappa shape index (κ2) is 4.78. The molecule has 5 heteroatoms. The SMILES string of the molecule is CCc1c(C)nc2cc(F)c(OC)cc2c1NN. The first-order valence-corrected chi connectivity index (χ1v) is 5.75. The predicted octanol–water partition coefficient (Wildman–Crippen LogP) is 2.54. The Morgan fingerprint density at radius 3 is 2.72 bits per heavy atom. The third-order valence-corrected chi connectivity index (χ3v) is 3.06. The normalized spacial score (nSPS) is 10.7. The fourth-order valence-corrected chi connectivity index (χ4v) is 2.18. The van der Waals surface area contributed by atoms with Crippen molar-refractivity contribution in [2.75, 3.05) is 12.5 Å². The average Bonchev–Trinajstić information content (AvgIpc) is 2.36. The van der Waals surface area contributed by atoms with Crippen LogP contribution in [0.3, 0.4) is 0 Å². The number of hydrazine groups is 1. The molecule has 96 valence electrons. The Morgan fingerprint density at radius 2 is 2.17 bits per heavy atom. The molecule has 1 heterocycles. The summed E-state index contributed by atoms with van der Waals surface area (Å²) in [4.78, 5) is 4.40. The van der Waals surface area contributed by atoms with Crippen LogP contribution >= 0.6 is 0 Å². The molecule has 0 aliphatic carbocycles. The third kappa shape index (κ3) is 1.86. The molecule has 4 nitrogen and oxygen atoms in total. The summed E-state index contributed by atoms with van der Waals surface area (Å²) in [6.45, 7) is 3.92. The van der Waals surface area contributed by atoms with Crippen molar-refractivity contribution in [2.24, 2.45) is 5.84 Å². The van der Waals surface area contributed by atoms with Crippen LogP contribution in [0.15, 0.2) is 12.1 Å². The highest BCUT2D eigenvalue weighted by Crippen LogP contribution is 2.32. The van der Waals surface area contributed by atoms with E-state index in [2.05, 4.69) is 10.4 Å². The Bertz CT molecular complexity index is 593. The fourth-order valence-electron chi connectivity index (χ4n) is 2.18. The van der Waals surface area contributed by atoms with Gasteiger partial charge in [-0.05, 0) is 25.0 Å². The number of aryl methyl sites for hydroxylation is 1. The fraction of sp³-hybridized carbons (Fsp3) is 0.308. The topological polar surface area (TPSA) is 60.2 Å². The van der Waals surface area contributed by atoms with E-state index in [1.54, 1.807) is 6.07 Å². The average molecular weight is 249 g/mol. The molecule has 0 unspecified atom stereocenters. The molecular weight excluding hydrogens is 233 g/mol. The molecule has 18 heavy (non-hydrogen) atoms. The third-order valence-electron chi connectivity index (χ3n) is 3.06. The number of hydrogen-bond acceptors (Lipinski definition) is 4. The van der Waals surface area contributed by atoms with Crippen LogP contribution in [0, 0.1) is 12.7 Å². The van der Waals surface area contributed by atoms with Crippen molar-refractivity contribution in [1.82, 2.24) is 4.98 Å². The van der Waals surface area contributed by atoms with Crippen LogP contribution in [0.1, 0.15) is 18.2 Å². The lowest BCUT2D eigenvalue weighted by molar-refractivity contribution is 0.387.